The van der Waals surface area contributed by atoms with E-state index in [4.69, 9.17) is 11.6 Å². The van der Waals surface area contributed by atoms with Gasteiger partial charge in [-0.2, -0.15) is 4.31 Å². The largest absolute Gasteiger partial charge is 0.480 e. The topological polar surface area (TPSA) is 129 Å². The molecule has 0 saturated carbocycles. The van der Waals surface area contributed by atoms with Gasteiger partial charge in [0.05, 0.1) is 10.0 Å². The van der Waals surface area contributed by atoms with Crippen molar-refractivity contribution >= 4 is 66.4 Å². The number of carboxylic acid groups (broad SMARTS) is 1. The van der Waals surface area contributed by atoms with Crippen LogP contribution in [0.2, 0.25) is 4.34 Å². The number of sulfone groups is 1. The maximum absolute atomic E-state index is 15.8. The smallest absolute Gasteiger partial charge is 0.318 e. The number of aliphatic carboxylic acids is 1. The van der Waals surface area contributed by atoms with Crippen molar-refractivity contribution in [3.05, 3.63) is 75.0 Å². The highest BCUT2D eigenvalue weighted by molar-refractivity contribution is 7.92. The van der Waals surface area contributed by atoms with E-state index in [0.29, 0.717) is 19.1 Å². The van der Waals surface area contributed by atoms with E-state index in [2.05, 4.69) is 0 Å². The summed E-state index contributed by atoms with van der Waals surface area (Å²) in [6.07, 6.45) is 1.95. The summed E-state index contributed by atoms with van der Waals surface area (Å²) in [5.74, 6) is -3.52. The Kier molecular flexibility index (Phi) is 8.28. The van der Waals surface area contributed by atoms with Gasteiger partial charge < -0.3 is 10.0 Å². The second kappa shape index (κ2) is 11.2. The number of carboxylic acids is 1. The summed E-state index contributed by atoms with van der Waals surface area (Å²) in [6, 6.07) is 12.6. The number of rotatable bonds is 9. The predicted molar refractivity (Wildman–Crippen MR) is 147 cm³/mol. The van der Waals surface area contributed by atoms with Crippen LogP contribution in [0.3, 0.4) is 0 Å². The first kappa shape index (κ1) is 28.9. The van der Waals surface area contributed by atoms with Gasteiger partial charge in [-0.25, -0.2) is 21.2 Å². The van der Waals surface area contributed by atoms with E-state index < -0.39 is 55.0 Å². The molecule has 1 N–H and O–H groups in total. The van der Waals surface area contributed by atoms with E-state index in [-0.39, 0.29) is 24.2 Å². The molecule has 1 atom stereocenters. The monoisotopic (exact) mass is 612 g/mol. The number of hydrogen-bond donors (Lipinski definition) is 1. The molecule has 1 amide bonds. The van der Waals surface area contributed by atoms with Crippen LogP contribution in [0.5, 0.6) is 0 Å². The first-order chi connectivity index (χ1) is 18.3. The molecule has 0 aliphatic carbocycles. The third kappa shape index (κ3) is 6.23. The molecule has 9 nitrogen and oxygen atoms in total. The molecule has 1 aromatic heterocycles. The van der Waals surface area contributed by atoms with Crippen LogP contribution >= 0.6 is 22.9 Å². The standard InChI is InChI=1S/C25H22ClFN2O7S3/c1-38(33,34)24-18(16-5-3-2-4-6-16)8-9-19(23(24)27)28-13-11-20(25(28)32)29(15-22(30)31)39(35,36)14-12-17-7-10-21(26)37-17/h2-10,12,14,20H,11,13,15H2,1H3,(H,30,31)/b14-12+/t20-/m0/s1. The van der Waals surface area contributed by atoms with Crippen LogP contribution in [0, 0.1) is 5.82 Å². The van der Waals surface area contributed by atoms with Crippen LogP contribution in [0.15, 0.2) is 64.9 Å². The summed E-state index contributed by atoms with van der Waals surface area (Å²) in [6.45, 7) is -1.17. The molecule has 2 aromatic carbocycles. The molecule has 206 valence electrons. The summed E-state index contributed by atoms with van der Waals surface area (Å²) < 4.78 is 68.2. The van der Waals surface area contributed by atoms with Gasteiger partial charge in [0.2, 0.25) is 15.9 Å². The average Bonchev–Trinajstić information content (AvgIpc) is 3.45. The molecule has 0 radical (unpaired) electrons. The quantitative estimate of drug-likeness (QED) is 0.385. The highest BCUT2D eigenvalue weighted by atomic mass is 35.5. The highest BCUT2D eigenvalue weighted by Crippen LogP contribution is 2.37. The maximum Gasteiger partial charge on any atom is 0.318 e. The molecule has 0 spiro atoms. The van der Waals surface area contributed by atoms with Crippen LogP contribution in [-0.4, -0.2) is 63.5 Å². The molecular weight excluding hydrogens is 591 g/mol. The van der Waals surface area contributed by atoms with Crippen molar-refractivity contribution in [2.75, 3.05) is 24.2 Å². The number of carbonyl (C=O) groups excluding carboxylic acids is 1. The third-order valence-electron chi connectivity index (χ3n) is 5.96. The summed E-state index contributed by atoms with van der Waals surface area (Å²) in [4.78, 5) is 25.8. The second-order valence-electron chi connectivity index (χ2n) is 8.64. The minimum atomic E-state index is -4.41. The van der Waals surface area contributed by atoms with Crippen molar-refractivity contribution in [3.8, 4) is 11.1 Å². The van der Waals surface area contributed by atoms with Gasteiger partial charge in [0.1, 0.15) is 17.5 Å². The molecule has 4 rings (SSSR count). The lowest BCUT2D eigenvalue weighted by atomic mass is 10.0. The average molecular weight is 613 g/mol. The molecule has 14 heteroatoms. The maximum atomic E-state index is 15.8. The molecule has 0 bridgehead atoms. The normalized spacial score (nSPS) is 16.5. The van der Waals surface area contributed by atoms with Gasteiger partial charge in [-0.3, -0.25) is 9.59 Å². The number of halogens is 2. The number of amides is 1. The molecule has 1 aliphatic heterocycles. The minimum absolute atomic E-state index is 0.108. The molecule has 1 fully saturated rings. The van der Waals surface area contributed by atoms with Crippen molar-refractivity contribution in [3.63, 3.8) is 0 Å². The van der Waals surface area contributed by atoms with Crippen molar-refractivity contribution in [2.24, 2.45) is 0 Å². The Bertz CT molecular complexity index is 1670. The van der Waals surface area contributed by atoms with Gasteiger partial charge in [-0.1, -0.05) is 48.0 Å². The van der Waals surface area contributed by atoms with Crippen LogP contribution in [-0.2, 0) is 29.4 Å². The molecule has 0 unspecified atom stereocenters. The zero-order valence-electron chi connectivity index (χ0n) is 20.3. The van der Waals surface area contributed by atoms with Gasteiger partial charge in [0, 0.05) is 28.6 Å². The number of thiophene rings is 1. The van der Waals surface area contributed by atoms with E-state index >= 15 is 4.39 Å². The van der Waals surface area contributed by atoms with Gasteiger partial charge in [-0.15, -0.1) is 11.3 Å². The first-order valence-corrected chi connectivity index (χ1v) is 15.9. The predicted octanol–water partition coefficient (Wildman–Crippen LogP) is 4.10. The summed E-state index contributed by atoms with van der Waals surface area (Å²) in [5.41, 5.74) is 0.210. The van der Waals surface area contributed by atoms with Crippen LogP contribution in [0.1, 0.15) is 11.3 Å². The molecule has 39 heavy (non-hydrogen) atoms. The Balaban J connectivity index is 1.71. The first-order valence-electron chi connectivity index (χ1n) is 11.4. The van der Waals surface area contributed by atoms with Crippen molar-refractivity contribution in [1.82, 2.24) is 4.31 Å². The van der Waals surface area contributed by atoms with Crippen molar-refractivity contribution in [1.29, 1.82) is 0 Å². The number of sulfonamides is 1. The van der Waals surface area contributed by atoms with E-state index in [1.165, 1.54) is 18.2 Å². The SMILES string of the molecule is CS(=O)(=O)c1c(-c2ccccc2)ccc(N2CC[C@H](N(CC(=O)O)S(=O)(=O)/C=C/c3ccc(Cl)s3)C2=O)c1F. The number of nitrogens with zero attached hydrogens (tertiary/aromatic N) is 2. The van der Waals surface area contributed by atoms with Crippen LogP contribution in [0.4, 0.5) is 10.1 Å². The Labute approximate surface area is 233 Å². The van der Waals surface area contributed by atoms with E-state index in [1.54, 1.807) is 42.5 Å². The number of hydrogen-bond acceptors (Lipinski definition) is 7. The Morgan fingerprint density at radius 2 is 1.85 bits per heavy atom. The van der Waals surface area contributed by atoms with Crippen molar-refractivity contribution in [2.45, 2.75) is 17.4 Å². The summed E-state index contributed by atoms with van der Waals surface area (Å²) in [5, 5.41) is 10.2. The summed E-state index contributed by atoms with van der Waals surface area (Å²) >= 11 is 6.97. The van der Waals surface area contributed by atoms with Gasteiger partial charge in [0.25, 0.3) is 0 Å². The fourth-order valence-electron chi connectivity index (χ4n) is 4.29. The number of carbonyl (C=O) groups is 2. The van der Waals surface area contributed by atoms with Gasteiger partial charge in [-0.05, 0) is 36.3 Å². The molecule has 1 saturated heterocycles. The second-order valence-corrected chi connectivity index (χ2v) is 14.1. The minimum Gasteiger partial charge on any atom is -0.480 e. The number of anilines is 1. The molecule has 1 aliphatic rings. The molecule has 3 aromatic rings. The zero-order valence-corrected chi connectivity index (χ0v) is 23.5. The Morgan fingerprint density at radius 1 is 1.15 bits per heavy atom. The fourth-order valence-corrected chi connectivity index (χ4v) is 7.67. The van der Waals surface area contributed by atoms with Crippen molar-refractivity contribution < 1.29 is 35.9 Å². The lowest BCUT2D eigenvalue weighted by Gasteiger charge is -2.25. The van der Waals surface area contributed by atoms with Crippen LogP contribution in [0.25, 0.3) is 17.2 Å². The zero-order chi connectivity index (χ0) is 28.5. The van der Waals surface area contributed by atoms with Gasteiger partial charge >= 0.3 is 5.97 Å². The van der Waals surface area contributed by atoms with E-state index in [1.807, 2.05) is 0 Å². The summed E-state index contributed by atoms with van der Waals surface area (Å²) in [7, 11) is -8.51. The lowest BCUT2D eigenvalue weighted by Crippen LogP contribution is -2.47. The van der Waals surface area contributed by atoms with E-state index in [9.17, 15) is 31.5 Å². The van der Waals surface area contributed by atoms with E-state index in [0.717, 1.165) is 27.9 Å². The lowest BCUT2D eigenvalue weighted by molar-refractivity contribution is -0.137. The Hall–Kier alpha value is -3.10. The fraction of sp³-hybridized carbons (Fsp3) is 0.200. The number of benzene rings is 2. The Morgan fingerprint density at radius 3 is 2.44 bits per heavy atom. The van der Waals surface area contributed by atoms with Crippen LogP contribution < -0.4 is 4.90 Å². The third-order valence-corrected chi connectivity index (χ3v) is 9.82. The van der Waals surface area contributed by atoms with Gasteiger partial charge in [0.15, 0.2) is 15.7 Å². The molecular formula is C25H22ClFN2O7S3. The highest BCUT2D eigenvalue weighted by Gasteiger charge is 2.43. The molecule has 2 heterocycles.